The second-order valence-electron chi connectivity index (χ2n) is 7.77. The summed E-state index contributed by atoms with van der Waals surface area (Å²) in [6.07, 6.45) is -4.28. The van der Waals surface area contributed by atoms with Gasteiger partial charge in [-0.25, -0.2) is 4.98 Å². The zero-order valence-electron chi connectivity index (χ0n) is 17.9. The first-order valence-electron chi connectivity index (χ1n) is 10.2. The molecule has 0 spiro atoms. The van der Waals surface area contributed by atoms with Crippen LogP contribution in [0.25, 0.3) is 10.3 Å². The van der Waals surface area contributed by atoms with Crippen molar-refractivity contribution in [3.8, 4) is 0 Å². The number of rotatable bonds is 4. The smallest absolute Gasteiger partial charge is 0.378 e. The third-order valence-electron chi connectivity index (χ3n) is 5.68. The molecule has 170 valence electrons. The van der Waals surface area contributed by atoms with Gasteiger partial charge in [-0.05, 0) is 24.1 Å². The lowest BCUT2D eigenvalue weighted by atomic mass is 9.79. The van der Waals surface area contributed by atoms with Crippen LogP contribution < -0.4 is 10.5 Å². The van der Waals surface area contributed by atoms with E-state index in [-0.39, 0.29) is 33.7 Å². The third-order valence-corrected chi connectivity index (χ3v) is 6.77. The van der Waals surface area contributed by atoms with Crippen LogP contribution in [0, 0.1) is 6.92 Å². The van der Waals surface area contributed by atoms with Crippen LogP contribution in [-0.2, 0) is 23.0 Å². The van der Waals surface area contributed by atoms with Crippen molar-refractivity contribution in [1.29, 1.82) is 0 Å². The van der Waals surface area contributed by atoms with E-state index in [1.807, 2.05) is 4.90 Å². The second-order valence-corrected chi connectivity index (χ2v) is 8.74. The van der Waals surface area contributed by atoms with Gasteiger partial charge in [0.25, 0.3) is 5.56 Å². The lowest BCUT2D eigenvalue weighted by molar-refractivity contribution is -0.138. The van der Waals surface area contributed by atoms with Crippen molar-refractivity contribution < 1.29 is 23.0 Å². The molecule has 1 unspecified atom stereocenters. The summed E-state index contributed by atoms with van der Waals surface area (Å²) in [5.74, 6) is 0.239. The molecule has 1 aliphatic heterocycles. The molecule has 1 fully saturated rings. The number of benzene rings is 1. The van der Waals surface area contributed by atoms with Gasteiger partial charge in [0.2, 0.25) is 0 Å². The number of hydrogen-bond acceptors (Lipinski definition) is 7. The molecule has 0 bridgehead atoms. The van der Waals surface area contributed by atoms with Gasteiger partial charge in [-0.3, -0.25) is 9.36 Å². The molecule has 1 aromatic carbocycles. The number of alkyl halides is 3. The van der Waals surface area contributed by atoms with Gasteiger partial charge in [0.15, 0.2) is 18.6 Å². The van der Waals surface area contributed by atoms with Gasteiger partial charge in [0, 0.05) is 19.5 Å². The van der Waals surface area contributed by atoms with Crippen LogP contribution >= 0.6 is 11.3 Å². The highest BCUT2D eigenvalue weighted by atomic mass is 32.1. The molecule has 0 amide bonds. The Balaban J connectivity index is 1.96. The molecule has 0 saturated carbocycles. The summed E-state index contributed by atoms with van der Waals surface area (Å²) in [7, 11) is 1.40. The molecule has 1 N–H and O–H groups in total. The van der Waals surface area contributed by atoms with Crippen molar-refractivity contribution in [2.45, 2.75) is 32.1 Å². The van der Waals surface area contributed by atoms with Gasteiger partial charge >= 0.3 is 6.18 Å². The Hall–Kier alpha value is -2.44. The van der Waals surface area contributed by atoms with E-state index < -0.39 is 22.9 Å². The second kappa shape index (κ2) is 8.16. The summed E-state index contributed by atoms with van der Waals surface area (Å²) < 4.78 is 47.5. The molecule has 1 saturated heterocycles. The zero-order chi connectivity index (χ0) is 23.3. The number of aryl methyl sites for hydroxylation is 1. The van der Waals surface area contributed by atoms with E-state index in [9.17, 15) is 23.1 Å². The first-order chi connectivity index (χ1) is 15.1. The van der Waals surface area contributed by atoms with Crippen LogP contribution in [0.1, 0.15) is 29.4 Å². The van der Waals surface area contributed by atoms with Crippen molar-refractivity contribution in [2.24, 2.45) is 0 Å². The van der Waals surface area contributed by atoms with Gasteiger partial charge in [-0.2, -0.15) is 18.2 Å². The van der Waals surface area contributed by atoms with Crippen LogP contribution in [0.3, 0.4) is 0 Å². The van der Waals surface area contributed by atoms with E-state index in [0.29, 0.717) is 31.4 Å². The first-order valence-corrected chi connectivity index (χ1v) is 11.0. The number of aliphatic hydroxyl groups is 1. The molecular weight excluding hydrogens is 444 g/mol. The van der Waals surface area contributed by atoms with Gasteiger partial charge in [-0.15, -0.1) is 0 Å². The molecule has 0 radical (unpaired) electrons. The zero-order valence-corrected chi connectivity index (χ0v) is 18.7. The Kier molecular flexibility index (Phi) is 5.80. The van der Waals surface area contributed by atoms with Crippen LogP contribution in [0.2, 0.25) is 0 Å². The Morgan fingerprint density at radius 2 is 1.88 bits per heavy atom. The molecule has 7 nitrogen and oxygen atoms in total. The minimum Gasteiger partial charge on any atom is -0.378 e. The van der Waals surface area contributed by atoms with Crippen LogP contribution in [0.5, 0.6) is 0 Å². The Morgan fingerprint density at radius 1 is 1.22 bits per heavy atom. The quantitative estimate of drug-likeness (QED) is 0.592. The van der Waals surface area contributed by atoms with E-state index in [1.165, 1.54) is 31.5 Å². The Morgan fingerprint density at radius 3 is 2.50 bits per heavy atom. The minimum atomic E-state index is -4.56. The van der Waals surface area contributed by atoms with Crippen LogP contribution in [0.15, 0.2) is 23.0 Å². The van der Waals surface area contributed by atoms with E-state index in [0.717, 1.165) is 17.4 Å². The van der Waals surface area contributed by atoms with Crippen molar-refractivity contribution >= 4 is 34.7 Å². The number of anilines is 1. The van der Waals surface area contributed by atoms with Gasteiger partial charge in [0.05, 0.1) is 18.8 Å². The van der Waals surface area contributed by atoms with Gasteiger partial charge in [0.1, 0.15) is 16.1 Å². The Labute approximate surface area is 186 Å². The lowest BCUT2D eigenvalue weighted by Gasteiger charge is -2.32. The van der Waals surface area contributed by atoms with Crippen molar-refractivity contribution in [1.82, 2.24) is 14.5 Å². The highest BCUT2D eigenvalue weighted by Gasteiger charge is 2.38. The van der Waals surface area contributed by atoms with Crippen molar-refractivity contribution in [3.05, 3.63) is 51.1 Å². The fraction of sp³-hybridized carbons (Fsp3) is 0.450. The molecule has 32 heavy (non-hydrogen) atoms. The first kappa shape index (κ1) is 22.7. The fourth-order valence-electron chi connectivity index (χ4n) is 4.09. The predicted octanol–water partition coefficient (Wildman–Crippen LogP) is 1.86. The number of fused-ring (bicyclic) bond motifs is 1. The minimum absolute atomic E-state index is 0.0645. The van der Waals surface area contributed by atoms with E-state index in [1.54, 1.807) is 6.92 Å². The number of halogens is 3. The maximum absolute atomic E-state index is 13.5. The number of thiazole rings is 1. The molecule has 12 heteroatoms. The lowest BCUT2D eigenvalue weighted by Crippen LogP contribution is -2.40. The van der Waals surface area contributed by atoms with Crippen LogP contribution in [-0.4, -0.2) is 53.8 Å². The molecule has 3 aromatic rings. The standard InChI is InChI=1S/C20H22BF3N4O3S/c1-3-14-25-17(29)15-16(26-18(32-15)27-7-9-31-10-8-27)28(14)19(21,30)12-5-4-6-13(11(12)2)20(22,23)24/h4-6,30H,3,7-10,21H2,1-2H3. The topological polar surface area (TPSA) is 80.5 Å². The average molecular weight is 466 g/mol. The average Bonchev–Trinajstić information content (AvgIpc) is 3.18. The summed E-state index contributed by atoms with van der Waals surface area (Å²) in [5, 5.41) is 12.2. The summed E-state index contributed by atoms with van der Waals surface area (Å²) in [6, 6.07) is 3.69. The highest BCUT2D eigenvalue weighted by molar-refractivity contribution is 7.22. The van der Waals surface area contributed by atoms with Crippen LogP contribution in [0.4, 0.5) is 18.3 Å². The molecule has 0 aliphatic carbocycles. The SMILES string of the molecule is BC(O)(c1cccc(C(F)(F)F)c1C)n1c(CC)nc(=O)c2sc(N3CCOCC3)nc21. The number of ether oxygens (including phenoxy) is 1. The number of hydrogen-bond donors (Lipinski definition) is 1. The predicted molar refractivity (Wildman–Crippen MR) is 118 cm³/mol. The van der Waals surface area contributed by atoms with Gasteiger partial charge < -0.3 is 14.7 Å². The summed E-state index contributed by atoms with van der Waals surface area (Å²) >= 11 is 1.16. The molecule has 1 aliphatic rings. The van der Waals surface area contributed by atoms with E-state index in [2.05, 4.69) is 9.97 Å². The molecule has 1 atom stereocenters. The normalized spacial score (nSPS) is 17.0. The largest absolute Gasteiger partial charge is 0.416 e. The molecular formula is C20H22BF3N4O3S. The number of morpholine rings is 1. The fourth-order valence-corrected chi connectivity index (χ4v) is 5.08. The van der Waals surface area contributed by atoms with E-state index in [4.69, 9.17) is 4.74 Å². The van der Waals surface area contributed by atoms with E-state index >= 15 is 0 Å². The molecule has 2 aromatic heterocycles. The number of aromatic nitrogens is 3. The molecule has 4 rings (SSSR count). The number of nitrogens with zero attached hydrogens (tertiary/aromatic N) is 4. The maximum Gasteiger partial charge on any atom is 0.416 e. The van der Waals surface area contributed by atoms with Crippen molar-refractivity contribution in [3.63, 3.8) is 0 Å². The Bertz CT molecular complexity index is 1220. The van der Waals surface area contributed by atoms with Gasteiger partial charge in [-0.1, -0.05) is 30.4 Å². The third kappa shape index (κ3) is 3.80. The van der Waals surface area contributed by atoms with Crippen molar-refractivity contribution in [2.75, 3.05) is 31.2 Å². The summed E-state index contributed by atoms with van der Waals surface area (Å²) in [5.41, 5.74) is -3.05. The maximum atomic E-state index is 13.5. The molecule has 3 heterocycles. The highest BCUT2D eigenvalue weighted by Crippen LogP contribution is 2.37. The summed E-state index contributed by atoms with van der Waals surface area (Å²) in [4.78, 5) is 23.4. The summed E-state index contributed by atoms with van der Waals surface area (Å²) in [6.45, 7) is 5.34. The monoisotopic (exact) mass is 466 g/mol.